The Hall–Kier alpha value is -2.83. The average Bonchev–Trinajstić information content (AvgIpc) is 3.51. The second-order valence-electron chi connectivity index (χ2n) is 8.13. The van der Waals surface area contributed by atoms with Gasteiger partial charge in [0.05, 0.1) is 25.8 Å². The molecular weight excluding hydrogens is 366 g/mol. The van der Waals surface area contributed by atoms with Crippen molar-refractivity contribution < 1.29 is 9.53 Å². The zero-order chi connectivity index (χ0) is 20.4. The summed E-state index contributed by atoms with van der Waals surface area (Å²) in [6.45, 7) is 5.39. The normalized spacial score (nSPS) is 15.8. The van der Waals surface area contributed by atoms with Gasteiger partial charge in [-0.25, -0.2) is 4.98 Å². The van der Waals surface area contributed by atoms with Gasteiger partial charge in [-0.2, -0.15) is 4.98 Å². The van der Waals surface area contributed by atoms with Gasteiger partial charge >= 0.3 is 0 Å². The van der Waals surface area contributed by atoms with Gasteiger partial charge in [-0.3, -0.25) is 4.79 Å². The number of ether oxygens (including phenoxy) is 1. The van der Waals surface area contributed by atoms with Gasteiger partial charge in [0.25, 0.3) is 0 Å². The molecule has 1 saturated carbocycles. The molecule has 7 heteroatoms. The van der Waals surface area contributed by atoms with Crippen LogP contribution in [0.3, 0.4) is 0 Å². The number of anilines is 2. The fourth-order valence-electron chi connectivity index (χ4n) is 3.56. The number of nitrogens with one attached hydrogen (secondary N) is 2. The van der Waals surface area contributed by atoms with Gasteiger partial charge < -0.3 is 20.3 Å². The van der Waals surface area contributed by atoms with E-state index in [0.717, 1.165) is 34.8 Å². The number of nitrogens with zero attached hydrogens (tertiary/aromatic N) is 3. The molecule has 2 aliphatic rings. The molecule has 7 nitrogen and oxygen atoms in total. The molecule has 0 bridgehead atoms. The minimum atomic E-state index is 0.116. The molecule has 1 aromatic heterocycles. The standard InChI is InChI=1S/C22H29N5O2/c1-14(2)23-22-25-19-9-10-27(13-18(19)21(26-22)24-16-7-8-16)20(28)12-15-5-4-6-17(11-15)29-3/h4-6,11,14,16H,7-10,12-13H2,1-3H3,(H2,23,24,25,26). The molecule has 1 aliphatic heterocycles. The van der Waals surface area contributed by atoms with E-state index in [-0.39, 0.29) is 11.9 Å². The van der Waals surface area contributed by atoms with Crippen LogP contribution in [-0.2, 0) is 24.2 Å². The van der Waals surface area contributed by atoms with Gasteiger partial charge in [0.1, 0.15) is 11.6 Å². The van der Waals surface area contributed by atoms with Crippen LogP contribution in [0.1, 0.15) is 43.5 Å². The molecule has 29 heavy (non-hydrogen) atoms. The Morgan fingerprint density at radius 3 is 2.86 bits per heavy atom. The predicted molar refractivity (Wildman–Crippen MR) is 113 cm³/mol. The highest BCUT2D eigenvalue weighted by atomic mass is 16.5. The first-order valence-electron chi connectivity index (χ1n) is 10.4. The molecule has 2 heterocycles. The van der Waals surface area contributed by atoms with Gasteiger partial charge in [0.2, 0.25) is 11.9 Å². The zero-order valence-corrected chi connectivity index (χ0v) is 17.4. The Labute approximate surface area is 171 Å². The Bertz CT molecular complexity index is 895. The Balaban J connectivity index is 1.52. The van der Waals surface area contributed by atoms with E-state index in [1.165, 1.54) is 12.8 Å². The maximum absolute atomic E-state index is 12.9. The summed E-state index contributed by atoms with van der Waals surface area (Å²) in [5.41, 5.74) is 3.05. The largest absolute Gasteiger partial charge is 0.497 e. The molecule has 1 amide bonds. The van der Waals surface area contributed by atoms with Gasteiger partial charge in [0.15, 0.2) is 0 Å². The van der Waals surface area contributed by atoms with Crippen LogP contribution in [0.5, 0.6) is 5.75 Å². The Morgan fingerprint density at radius 1 is 1.31 bits per heavy atom. The summed E-state index contributed by atoms with van der Waals surface area (Å²) in [5, 5.41) is 6.85. The molecule has 154 valence electrons. The highest BCUT2D eigenvalue weighted by molar-refractivity contribution is 5.79. The molecule has 1 fully saturated rings. The molecule has 0 spiro atoms. The topological polar surface area (TPSA) is 79.4 Å². The SMILES string of the molecule is COc1cccc(CC(=O)N2CCc3nc(NC(C)C)nc(NC4CC4)c3C2)c1. The summed E-state index contributed by atoms with van der Waals surface area (Å²) < 4.78 is 5.27. The van der Waals surface area contributed by atoms with Crippen molar-refractivity contribution in [3.8, 4) is 5.75 Å². The third kappa shape index (κ3) is 4.78. The third-order valence-electron chi connectivity index (χ3n) is 5.24. The molecule has 0 radical (unpaired) electrons. The summed E-state index contributed by atoms with van der Waals surface area (Å²) >= 11 is 0. The molecule has 0 unspecified atom stereocenters. The van der Waals surface area contributed by atoms with Crippen LogP contribution < -0.4 is 15.4 Å². The number of rotatable bonds is 7. The van der Waals surface area contributed by atoms with E-state index in [9.17, 15) is 4.79 Å². The van der Waals surface area contributed by atoms with Crippen LogP contribution in [0, 0.1) is 0 Å². The van der Waals surface area contributed by atoms with Crippen molar-refractivity contribution in [1.82, 2.24) is 14.9 Å². The summed E-state index contributed by atoms with van der Waals surface area (Å²) in [7, 11) is 1.64. The van der Waals surface area contributed by atoms with E-state index in [1.807, 2.05) is 29.2 Å². The van der Waals surface area contributed by atoms with Crippen molar-refractivity contribution in [1.29, 1.82) is 0 Å². The lowest BCUT2D eigenvalue weighted by Gasteiger charge is -2.30. The molecular formula is C22H29N5O2. The Morgan fingerprint density at radius 2 is 2.14 bits per heavy atom. The first-order chi connectivity index (χ1) is 14.0. The van der Waals surface area contributed by atoms with E-state index >= 15 is 0 Å². The number of amides is 1. The van der Waals surface area contributed by atoms with Crippen LogP contribution in [0.2, 0.25) is 0 Å². The lowest BCUT2D eigenvalue weighted by atomic mass is 10.0. The van der Waals surface area contributed by atoms with E-state index in [2.05, 4.69) is 24.5 Å². The van der Waals surface area contributed by atoms with Crippen molar-refractivity contribution in [2.24, 2.45) is 0 Å². The molecule has 0 saturated heterocycles. The summed E-state index contributed by atoms with van der Waals surface area (Å²) in [6.07, 6.45) is 3.45. The number of benzene rings is 1. The van der Waals surface area contributed by atoms with Gasteiger partial charge in [-0.05, 0) is 44.4 Å². The number of fused-ring (bicyclic) bond motifs is 1. The van der Waals surface area contributed by atoms with Crippen molar-refractivity contribution in [3.05, 3.63) is 41.1 Å². The molecule has 1 aromatic carbocycles. The third-order valence-corrected chi connectivity index (χ3v) is 5.24. The van der Waals surface area contributed by atoms with Crippen molar-refractivity contribution >= 4 is 17.7 Å². The van der Waals surface area contributed by atoms with Crippen LogP contribution in [-0.4, -0.2) is 46.5 Å². The van der Waals surface area contributed by atoms with Crippen LogP contribution in [0.25, 0.3) is 0 Å². The van der Waals surface area contributed by atoms with Crippen molar-refractivity contribution in [2.45, 2.75) is 58.2 Å². The quantitative estimate of drug-likeness (QED) is 0.750. The number of aromatic nitrogens is 2. The molecule has 1 aliphatic carbocycles. The molecule has 0 atom stereocenters. The fourth-order valence-corrected chi connectivity index (χ4v) is 3.56. The summed E-state index contributed by atoms with van der Waals surface area (Å²) in [5.74, 6) is 2.43. The predicted octanol–water partition coefficient (Wildman–Crippen LogP) is 3.01. The van der Waals surface area contributed by atoms with E-state index in [0.29, 0.717) is 31.5 Å². The number of carbonyl (C=O) groups is 1. The van der Waals surface area contributed by atoms with E-state index in [1.54, 1.807) is 7.11 Å². The first kappa shape index (κ1) is 19.5. The number of hydrogen-bond donors (Lipinski definition) is 2. The highest BCUT2D eigenvalue weighted by Gasteiger charge is 2.29. The van der Waals surface area contributed by atoms with Crippen LogP contribution in [0.15, 0.2) is 24.3 Å². The molecule has 4 rings (SSSR count). The fraction of sp³-hybridized carbons (Fsp3) is 0.500. The number of hydrogen-bond acceptors (Lipinski definition) is 6. The van der Waals surface area contributed by atoms with E-state index < -0.39 is 0 Å². The smallest absolute Gasteiger partial charge is 0.227 e. The van der Waals surface area contributed by atoms with Crippen LogP contribution in [0.4, 0.5) is 11.8 Å². The van der Waals surface area contributed by atoms with Gasteiger partial charge in [0, 0.05) is 30.6 Å². The van der Waals surface area contributed by atoms with Gasteiger partial charge in [-0.1, -0.05) is 12.1 Å². The first-order valence-corrected chi connectivity index (χ1v) is 10.4. The zero-order valence-electron chi connectivity index (χ0n) is 17.4. The monoisotopic (exact) mass is 395 g/mol. The highest BCUT2D eigenvalue weighted by Crippen LogP contribution is 2.30. The summed E-state index contributed by atoms with van der Waals surface area (Å²) in [6, 6.07) is 8.45. The van der Waals surface area contributed by atoms with Crippen molar-refractivity contribution in [3.63, 3.8) is 0 Å². The second-order valence-corrected chi connectivity index (χ2v) is 8.13. The average molecular weight is 396 g/mol. The summed E-state index contributed by atoms with van der Waals surface area (Å²) in [4.78, 5) is 24.3. The lowest BCUT2D eigenvalue weighted by molar-refractivity contribution is -0.131. The number of carbonyl (C=O) groups excluding carboxylic acids is 1. The second kappa shape index (κ2) is 8.27. The minimum absolute atomic E-state index is 0.116. The lowest BCUT2D eigenvalue weighted by Crippen LogP contribution is -2.38. The van der Waals surface area contributed by atoms with Gasteiger partial charge in [-0.15, -0.1) is 0 Å². The van der Waals surface area contributed by atoms with E-state index in [4.69, 9.17) is 14.7 Å². The maximum Gasteiger partial charge on any atom is 0.227 e. The maximum atomic E-state index is 12.9. The van der Waals surface area contributed by atoms with Crippen LogP contribution >= 0.6 is 0 Å². The number of methoxy groups -OCH3 is 1. The Kier molecular flexibility index (Phi) is 5.56. The molecule has 2 N–H and O–H groups in total. The minimum Gasteiger partial charge on any atom is -0.497 e. The van der Waals surface area contributed by atoms with Crippen molar-refractivity contribution in [2.75, 3.05) is 24.3 Å². The molecule has 2 aromatic rings.